The third kappa shape index (κ3) is 1.97. The second-order valence-corrected chi connectivity index (χ2v) is 4.23. The lowest BCUT2D eigenvalue weighted by Crippen LogP contribution is -2.21. The third-order valence-electron chi connectivity index (χ3n) is 3.03. The molecule has 3 rings (SSSR count). The largest absolute Gasteiger partial charge is 0.478 e. The minimum Gasteiger partial charge on any atom is -0.478 e. The molecular weight excluding hydrogens is 260 g/mol. The van der Waals surface area contributed by atoms with Crippen LogP contribution >= 0.6 is 0 Å². The molecular formula is C14H10N2O4. The van der Waals surface area contributed by atoms with E-state index < -0.39 is 5.97 Å². The van der Waals surface area contributed by atoms with Gasteiger partial charge in [0.25, 0.3) is 5.56 Å². The smallest absolute Gasteiger partial charge is 0.339 e. The molecule has 3 aromatic rings. The first kappa shape index (κ1) is 12.2. The molecule has 0 saturated carbocycles. The quantitative estimate of drug-likeness (QED) is 0.783. The predicted molar refractivity (Wildman–Crippen MR) is 70.8 cm³/mol. The standard InChI is InChI=1S/C14H10N2O4/c17-13-7-15-10-3-1-2-4-11(10)16(13)8-12-9(14(18)19)5-6-20-12/h1-7H,8H2,(H,18,19). The fraction of sp³-hybridized carbons (Fsp3) is 0.0714. The molecule has 2 aromatic heterocycles. The Hall–Kier alpha value is -2.89. The number of carboxylic acids is 1. The van der Waals surface area contributed by atoms with E-state index >= 15 is 0 Å². The van der Waals surface area contributed by atoms with Crippen molar-refractivity contribution in [1.82, 2.24) is 9.55 Å². The number of aromatic nitrogens is 2. The van der Waals surface area contributed by atoms with Crippen molar-refractivity contribution < 1.29 is 14.3 Å². The van der Waals surface area contributed by atoms with E-state index in [9.17, 15) is 9.59 Å². The van der Waals surface area contributed by atoms with Crippen molar-refractivity contribution in [3.8, 4) is 0 Å². The molecule has 6 heteroatoms. The molecule has 0 spiro atoms. The van der Waals surface area contributed by atoms with Gasteiger partial charge in [-0.25, -0.2) is 9.78 Å². The number of benzene rings is 1. The maximum atomic E-state index is 12.0. The number of rotatable bonds is 3. The van der Waals surface area contributed by atoms with Crippen LogP contribution in [0.3, 0.4) is 0 Å². The van der Waals surface area contributed by atoms with Gasteiger partial charge in [0.1, 0.15) is 11.3 Å². The molecule has 100 valence electrons. The topological polar surface area (TPSA) is 85.3 Å². The lowest BCUT2D eigenvalue weighted by molar-refractivity contribution is 0.0694. The number of carbonyl (C=O) groups is 1. The van der Waals surface area contributed by atoms with Crippen molar-refractivity contribution in [2.24, 2.45) is 0 Å². The highest BCUT2D eigenvalue weighted by Crippen LogP contribution is 2.15. The van der Waals surface area contributed by atoms with Crippen LogP contribution in [0.1, 0.15) is 16.1 Å². The third-order valence-corrected chi connectivity index (χ3v) is 3.03. The summed E-state index contributed by atoms with van der Waals surface area (Å²) in [5.74, 6) is -0.851. The number of fused-ring (bicyclic) bond motifs is 1. The van der Waals surface area contributed by atoms with Crippen molar-refractivity contribution in [2.75, 3.05) is 0 Å². The summed E-state index contributed by atoms with van der Waals surface area (Å²) in [4.78, 5) is 27.1. The van der Waals surface area contributed by atoms with Crippen LogP contribution in [0.5, 0.6) is 0 Å². The summed E-state index contributed by atoms with van der Waals surface area (Å²) in [6.45, 7) is 0.0521. The number of furan rings is 1. The van der Waals surface area contributed by atoms with Gasteiger partial charge in [-0.15, -0.1) is 0 Å². The Morgan fingerprint density at radius 3 is 2.90 bits per heavy atom. The molecule has 1 N–H and O–H groups in total. The van der Waals surface area contributed by atoms with Gasteiger partial charge in [-0.2, -0.15) is 0 Å². The average molecular weight is 270 g/mol. The van der Waals surface area contributed by atoms with Gasteiger partial charge < -0.3 is 9.52 Å². The highest BCUT2D eigenvalue weighted by atomic mass is 16.4. The maximum absolute atomic E-state index is 12.0. The van der Waals surface area contributed by atoms with Crippen molar-refractivity contribution in [3.63, 3.8) is 0 Å². The van der Waals surface area contributed by atoms with Gasteiger partial charge >= 0.3 is 5.97 Å². The number of para-hydroxylation sites is 2. The second kappa shape index (κ2) is 4.65. The Morgan fingerprint density at radius 1 is 1.30 bits per heavy atom. The molecule has 0 unspecified atom stereocenters. The fourth-order valence-electron chi connectivity index (χ4n) is 2.08. The van der Waals surface area contributed by atoms with Crippen molar-refractivity contribution >= 4 is 17.0 Å². The summed E-state index contributed by atoms with van der Waals surface area (Å²) in [5, 5.41) is 9.06. The Balaban J connectivity index is 2.15. The van der Waals surface area contributed by atoms with Gasteiger partial charge in [-0.3, -0.25) is 9.36 Å². The Labute approximate surface area is 112 Å². The molecule has 0 radical (unpaired) electrons. The van der Waals surface area contributed by atoms with Gasteiger partial charge in [-0.05, 0) is 18.2 Å². The van der Waals surface area contributed by atoms with Gasteiger partial charge in [0, 0.05) is 0 Å². The van der Waals surface area contributed by atoms with Gasteiger partial charge in [-0.1, -0.05) is 12.1 Å². The Bertz CT molecular complexity index is 848. The van der Waals surface area contributed by atoms with E-state index in [1.807, 2.05) is 6.07 Å². The highest BCUT2D eigenvalue weighted by Gasteiger charge is 2.15. The van der Waals surface area contributed by atoms with Crippen LogP contribution in [-0.4, -0.2) is 20.6 Å². The first-order chi connectivity index (χ1) is 9.66. The highest BCUT2D eigenvalue weighted by molar-refractivity contribution is 5.88. The molecule has 1 aromatic carbocycles. The Morgan fingerprint density at radius 2 is 2.10 bits per heavy atom. The summed E-state index contributed by atoms with van der Waals surface area (Å²) >= 11 is 0. The predicted octanol–water partition coefficient (Wildman–Crippen LogP) is 1.74. The zero-order chi connectivity index (χ0) is 14.1. The lowest BCUT2D eigenvalue weighted by Gasteiger charge is -2.08. The van der Waals surface area contributed by atoms with E-state index in [0.29, 0.717) is 11.0 Å². The number of hydrogen-bond donors (Lipinski definition) is 1. The number of hydrogen-bond acceptors (Lipinski definition) is 4. The number of carboxylic acid groups (broad SMARTS) is 1. The normalized spacial score (nSPS) is 10.8. The van der Waals surface area contributed by atoms with Crippen molar-refractivity contribution in [2.45, 2.75) is 6.54 Å². The Kier molecular flexibility index (Phi) is 2.83. The summed E-state index contributed by atoms with van der Waals surface area (Å²) in [7, 11) is 0. The van der Waals surface area contributed by atoms with Gasteiger partial charge in [0.2, 0.25) is 0 Å². The van der Waals surface area contributed by atoms with E-state index in [0.717, 1.165) is 0 Å². The molecule has 0 saturated heterocycles. The molecule has 0 fully saturated rings. The lowest BCUT2D eigenvalue weighted by atomic mass is 10.2. The monoisotopic (exact) mass is 270 g/mol. The van der Waals surface area contributed by atoms with Crippen LogP contribution < -0.4 is 5.56 Å². The molecule has 0 aliphatic heterocycles. The van der Waals surface area contributed by atoms with Gasteiger partial charge in [0.05, 0.1) is 30.0 Å². The SMILES string of the molecule is O=C(O)c1ccoc1Cn1c(=O)cnc2ccccc21. The first-order valence-corrected chi connectivity index (χ1v) is 5.91. The van der Waals surface area contributed by atoms with E-state index in [4.69, 9.17) is 9.52 Å². The van der Waals surface area contributed by atoms with E-state index in [1.165, 1.54) is 23.1 Å². The molecule has 0 atom stereocenters. The van der Waals surface area contributed by atoms with Crippen LogP contribution in [0.25, 0.3) is 11.0 Å². The molecule has 0 bridgehead atoms. The summed E-state index contributed by atoms with van der Waals surface area (Å²) in [5.41, 5.74) is 1.04. The van der Waals surface area contributed by atoms with E-state index in [2.05, 4.69) is 4.98 Å². The summed E-state index contributed by atoms with van der Waals surface area (Å²) in [6.07, 6.45) is 2.51. The maximum Gasteiger partial charge on any atom is 0.339 e. The number of aromatic carboxylic acids is 1. The van der Waals surface area contributed by atoms with Crippen LogP contribution in [-0.2, 0) is 6.54 Å². The van der Waals surface area contributed by atoms with Gasteiger partial charge in [0.15, 0.2) is 0 Å². The first-order valence-electron chi connectivity index (χ1n) is 5.91. The fourth-order valence-corrected chi connectivity index (χ4v) is 2.08. The van der Waals surface area contributed by atoms with Crippen LogP contribution in [0.15, 0.2) is 52.0 Å². The van der Waals surface area contributed by atoms with Crippen molar-refractivity contribution in [1.29, 1.82) is 0 Å². The minimum atomic E-state index is -1.08. The van der Waals surface area contributed by atoms with E-state index in [-0.39, 0.29) is 23.4 Å². The zero-order valence-electron chi connectivity index (χ0n) is 10.3. The second-order valence-electron chi connectivity index (χ2n) is 4.23. The summed E-state index contributed by atoms with van der Waals surface area (Å²) in [6, 6.07) is 8.52. The molecule has 2 heterocycles. The minimum absolute atomic E-state index is 0.0521. The van der Waals surface area contributed by atoms with Crippen LogP contribution in [0.4, 0.5) is 0 Å². The molecule has 0 aliphatic carbocycles. The number of nitrogens with zero attached hydrogens (tertiary/aromatic N) is 2. The van der Waals surface area contributed by atoms with Crippen LogP contribution in [0.2, 0.25) is 0 Å². The molecule has 20 heavy (non-hydrogen) atoms. The average Bonchev–Trinajstić information content (AvgIpc) is 2.90. The molecule has 0 aliphatic rings. The summed E-state index contributed by atoms with van der Waals surface area (Å²) < 4.78 is 6.61. The van der Waals surface area contributed by atoms with E-state index in [1.54, 1.807) is 18.2 Å². The molecule has 6 nitrogen and oxygen atoms in total. The molecule has 0 amide bonds. The zero-order valence-corrected chi connectivity index (χ0v) is 10.3. The van der Waals surface area contributed by atoms with Crippen LogP contribution in [0, 0.1) is 0 Å². The van der Waals surface area contributed by atoms with Crippen molar-refractivity contribution in [3.05, 3.63) is 64.5 Å².